The van der Waals surface area contributed by atoms with Crippen molar-refractivity contribution >= 4 is 11.8 Å². The molecule has 3 atom stereocenters. The van der Waals surface area contributed by atoms with Crippen LogP contribution in [0.25, 0.3) is 0 Å². The summed E-state index contributed by atoms with van der Waals surface area (Å²) in [6.07, 6.45) is 1.74. The van der Waals surface area contributed by atoms with Gasteiger partial charge in [0.25, 0.3) is 0 Å². The van der Waals surface area contributed by atoms with Gasteiger partial charge in [0.2, 0.25) is 11.8 Å². The average molecular weight is 196 g/mol. The molecule has 2 aliphatic rings. The van der Waals surface area contributed by atoms with Crippen molar-refractivity contribution in [2.24, 2.45) is 5.92 Å². The van der Waals surface area contributed by atoms with Gasteiger partial charge in [-0.15, -0.1) is 0 Å². The minimum atomic E-state index is -0.288. The van der Waals surface area contributed by atoms with Gasteiger partial charge in [0.05, 0.1) is 0 Å². The van der Waals surface area contributed by atoms with E-state index in [0.29, 0.717) is 0 Å². The first-order valence-electron chi connectivity index (χ1n) is 5.26. The number of carbonyl (C=O) groups excluding carboxylic acids is 2. The Balaban J connectivity index is 2.12. The van der Waals surface area contributed by atoms with Crippen molar-refractivity contribution < 1.29 is 9.59 Å². The van der Waals surface area contributed by atoms with E-state index in [9.17, 15) is 9.59 Å². The van der Waals surface area contributed by atoms with Gasteiger partial charge in [-0.25, -0.2) is 0 Å². The van der Waals surface area contributed by atoms with Gasteiger partial charge in [-0.3, -0.25) is 9.59 Å². The van der Waals surface area contributed by atoms with Gasteiger partial charge in [0.1, 0.15) is 12.1 Å². The van der Waals surface area contributed by atoms with E-state index in [4.69, 9.17) is 0 Å². The Morgan fingerprint density at radius 2 is 2.29 bits per heavy atom. The van der Waals surface area contributed by atoms with Gasteiger partial charge >= 0.3 is 0 Å². The monoisotopic (exact) mass is 196 g/mol. The van der Waals surface area contributed by atoms with Crippen molar-refractivity contribution in [3.05, 3.63) is 0 Å². The summed E-state index contributed by atoms with van der Waals surface area (Å²) in [5.74, 6) is 0.365. The highest BCUT2D eigenvalue weighted by Gasteiger charge is 2.46. The average Bonchev–Trinajstić information content (AvgIpc) is 2.09. The fourth-order valence-corrected chi connectivity index (χ4v) is 2.03. The zero-order valence-electron chi connectivity index (χ0n) is 8.62. The van der Waals surface area contributed by atoms with E-state index < -0.39 is 0 Å². The minimum Gasteiger partial charge on any atom is -0.342 e. The smallest absolute Gasteiger partial charge is 0.246 e. The van der Waals surface area contributed by atoms with Crippen LogP contribution >= 0.6 is 0 Å². The van der Waals surface area contributed by atoms with E-state index in [1.54, 1.807) is 4.90 Å². The summed E-state index contributed by atoms with van der Waals surface area (Å²) in [4.78, 5) is 25.1. The van der Waals surface area contributed by atoms with Gasteiger partial charge in [0.15, 0.2) is 0 Å². The van der Waals surface area contributed by atoms with Crippen LogP contribution in [0.2, 0.25) is 0 Å². The lowest BCUT2D eigenvalue weighted by Gasteiger charge is -2.47. The van der Waals surface area contributed by atoms with E-state index in [-0.39, 0.29) is 29.8 Å². The molecule has 2 amide bonds. The maximum atomic E-state index is 11.8. The van der Waals surface area contributed by atoms with Crippen LogP contribution in [-0.2, 0) is 9.59 Å². The van der Waals surface area contributed by atoms with Crippen molar-refractivity contribution in [2.45, 2.75) is 38.8 Å². The molecule has 2 fully saturated rings. The van der Waals surface area contributed by atoms with Crippen LogP contribution in [0.5, 0.6) is 0 Å². The van der Waals surface area contributed by atoms with Gasteiger partial charge in [-0.05, 0) is 12.3 Å². The van der Waals surface area contributed by atoms with E-state index >= 15 is 0 Å². The highest BCUT2D eigenvalue weighted by molar-refractivity contribution is 5.98. The van der Waals surface area contributed by atoms with Crippen LogP contribution in [0, 0.1) is 5.92 Å². The number of rotatable bonds is 2. The van der Waals surface area contributed by atoms with Gasteiger partial charge < -0.3 is 10.2 Å². The Bertz CT molecular complexity index is 277. The molecule has 78 valence electrons. The minimum absolute atomic E-state index is 0.0288. The highest BCUT2D eigenvalue weighted by atomic mass is 16.2. The summed E-state index contributed by atoms with van der Waals surface area (Å²) in [5, 5.41) is 2.82. The number of carbonyl (C=O) groups is 2. The molecule has 0 saturated carbocycles. The first-order chi connectivity index (χ1) is 6.65. The van der Waals surface area contributed by atoms with Crippen LogP contribution in [0.4, 0.5) is 0 Å². The third-order valence-electron chi connectivity index (χ3n) is 3.38. The summed E-state index contributed by atoms with van der Waals surface area (Å²) >= 11 is 0. The van der Waals surface area contributed by atoms with Gasteiger partial charge in [0, 0.05) is 6.54 Å². The quantitative estimate of drug-likeness (QED) is 0.682. The van der Waals surface area contributed by atoms with E-state index in [0.717, 1.165) is 19.4 Å². The van der Waals surface area contributed by atoms with Crippen molar-refractivity contribution in [3.8, 4) is 0 Å². The molecular weight excluding hydrogens is 180 g/mol. The van der Waals surface area contributed by atoms with Crippen LogP contribution < -0.4 is 5.32 Å². The zero-order valence-corrected chi connectivity index (χ0v) is 8.62. The predicted octanol–water partition coefficient (Wildman–Crippen LogP) is 0.132. The Morgan fingerprint density at radius 3 is 2.79 bits per heavy atom. The number of amides is 2. The van der Waals surface area contributed by atoms with Crippen molar-refractivity contribution in [2.75, 3.05) is 6.54 Å². The summed E-state index contributed by atoms with van der Waals surface area (Å²) in [6, 6.07) is -0.452. The number of hydrogen-bond donors (Lipinski definition) is 1. The van der Waals surface area contributed by atoms with E-state index in [2.05, 4.69) is 5.32 Å². The summed E-state index contributed by atoms with van der Waals surface area (Å²) in [7, 11) is 0. The summed E-state index contributed by atoms with van der Waals surface area (Å²) in [5.41, 5.74) is 0. The fraction of sp³-hybridized carbons (Fsp3) is 0.800. The molecule has 2 aliphatic heterocycles. The lowest BCUT2D eigenvalue weighted by atomic mass is 9.90. The molecule has 0 aromatic rings. The van der Waals surface area contributed by atoms with Crippen molar-refractivity contribution in [1.29, 1.82) is 0 Å². The second-order valence-corrected chi connectivity index (χ2v) is 4.21. The van der Waals surface area contributed by atoms with Crippen LogP contribution in [0.1, 0.15) is 26.7 Å². The first kappa shape index (κ1) is 9.49. The lowest BCUT2D eigenvalue weighted by molar-refractivity contribution is -0.158. The molecule has 0 spiro atoms. The second-order valence-electron chi connectivity index (χ2n) is 4.21. The Labute approximate surface area is 83.6 Å². The molecule has 0 aromatic carbocycles. The zero-order chi connectivity index (χ0) is 10.3. The standard InChI is InChI=1S/C10H16N2O2/c1-3-6(2)8-10(14)12-5-4-7(12)9(13)11-8/h6-8H,3-5H2,1-2H3,(H,11,13)/t6?,7-,8+/m1/s1. The van der Waals surface area contributed by atoms with Gasteiger partial charge in [-0.1, -0.05) is 20.3 Å². The largest absolute Gasteiger partial charge is 0.342 e. The molecule has 1 unspecified atom stereocenters. The lowest BCUT2D eigenvalue weighted by Crippen LogP contribution is -2.70. The number of nitrogens with one attached hydrogen (secondary N) is 1. The molecule has 4 heteroatoms. The molecule has 2 rings (SSSR count). The van der Waals surface area contributed by atoms with Crippen LogP contribution in [0.3, 0.4) is 0 Å². The molecule has 0 bridgehead atoms. The van der Waals surface area contributed by atoms with Gasteiger partial charge in [-0.2, -0.15) is 0 Å². The number of nitrogens with zero attached hydrogens (tertiary/aromatic N) is 1. The molecule has 4 nitrogen and oxygen atoms in total. The molecule has 2 saturated heterocycles. The second kappa shape index (κ2) is 3.26. The maximum Gasteiger partial charge on any atom is 0.246 e. The number of fused-ring (bicyclic) bond motifs is 1. The Morgan fingerprint density at radius 1 is 1.57 bits per heavy atom. The fourth-order valence-electron chi connectivity index (χ4n) is 2.03. The van der Waals surface area contributed by atoms with Crippen LogP contribution in [0.15, 0.2) is 0 Å². The molecular formula is C10H16N2O2. The number of piperazine rings is 1. The Hall–Kier alpha value is -1.06. The van der Waals surface area contributed by atoms with Crippen molar-refractivity contribution in [3.63, 3.8) is 0 Å². The first-order valence-corrected chi connectivity index (χ1v) is 5.26. The SMILES string of the molecule is CCC(C)[C@@H]1NC(=O)[C@H]2CCN2C1=O. The maximum absolute atomic E-state index is 11.8. The van der Waals surface area contributed by atoms with E-state index in [1.165, 1.54) is 0 Å². The molecule has 0 aromatic heterocycles. The molecule has 0 radical (unpaired) electrons. The summed E-state index contributed by atoms with van der Waals surface area (Å²) < 4.78 is 0. The third kappa shape index (κ3) is 1.21. The third-order valence-corrected chi connectivity index (χ3v) is 3.38. The van der Waals surface area contributed by atoms with Crippen LogP contribution in [-0.4, -0.2) is 35.3 Å². The molecule has 14 heavy (non-hydrogen) atoms. The summed E-state index contributed by atoms with van der Waals surface area (Å²) in [6.45, 7) is 4.79. The van der Waals surface area contributed by atoms with E-state index in [1.807, 2.05) is 13.8 Å². The van der Waals surface area contributed by atoms with Crippen molar-refractivity contribution in [1.82, 2.24) is 10.2 Å². The molecule has 0 aliphatic carbocycles. The Kier molecular flexibility index (Phi) is 2.21. The predicted molar refractivity (Wildman–Crippen MR) is 51.5 cm³/mol. The molecule has 2 heterocycles. The normalized spacial score (nSPS) is 33.1. The highest BCUT2D eigenvalue weighted by Crippen LogP contribution is 2.25. The topological polar surface area (TPSA) is 49.4 Å². The molecule has 1 N–H and O–H groups in total. The number of hydrogen-bond acceptors (Lipinski definition) is 2.